The van der Waals surface area contributed by atoms with Crippen LogP contribution in [0.1, 0.15) is 59.8 Å². The van der Waals surface area contributed by atoms with Crippen molar-refractivity contribution in [2.75, 3.05) is 27.9 Å². The number of carbonyl (C=O) groups is 1. The lowest BCUT2D eigenvalue weighted by Crippen LogP contribution is -2.68. The van der Waals surface area contributed by atoms with Crippen LogP contribution in [0.4, 0.5) is 0 Å². The number of cyclic esters (lactones) is 1. The number of rotatable bonds is 7. The van der Waals surface area contributed by atoms with E-state index in [1.54, 1.807) is 20.8 Å². The van der Waals surface area contributed by atoms with Gasteiger partial charge >= 0.3 is 5.97 Å². The molecule has 2 saturated heterocycles. The van der Waals surface area contributed by atoms with Crippen LogP contribution in [0.2, 0.25) is 0 Å². The van der Waals surface area contributed by atoms with Crippen molar-refractivity contribution in [2.45, 2.75) is 114 Å². The highest BCUT2D eigenvalue weighted by Gasteiger charge is 2.60. The van der Waals surface area contributed by atoms with E-state index in [2.05, 4.69) is 0 Å². The van der Waals surface area contributed by atoms with Crippen molar-refractivity contribution in [3.8, 4) is 0 Å². The third kappa shape index (κ3) is 7.13. The summed E-state index contributed by atoms with van der Waals surface area (Å²) in [7, 11) is 4.20. The van der Waals surface area contributed by atoms with Gasteiger partial charge in [0, 0.05) is 65.0 Å². The third-order valence-electron chi connectivity index (χ3n) is 8.37. The van der Waals surface area contributed by atoms with Gasteiger partial charge in [0.2, 0.25) is 5.79 Å². The van der Waals surface area contributed by atoms with Gasteiger partial charge in [0.1, 0.15) is 12.2 Å². The smallest absolute Gasteiger partial charge is 0.338 e. The largest absolute Gasteiger partial charge is 0.456 e. The second kappa shape index (κ2) is 14.0. The summed E-state index contributed by atoms with van der Waals surface area (Å²) in [5.41, 5.74) is -0.730. The van der Waals surface area contributed by atoms with Crippen LogP contribution >= 0.6 is 0 Å². The van der Waals surface area contributed by atoms with Gasteiger partial charge in [0.25, 0.3) is 0 Å². The van der Waals surface area contributed by atoms with E-state index >= 15 is 0 Å². The molecule has 0 aromatic heterocycles. The fraction of sp³-hybridized carbons (Fsp3) is 0.889. The summed E-state index contributed by atoms with van der Waals surface area (Å²) in [5, 5.41) is 54.7. The second-order valence-electron chi connectivity index (χ2n) is 11.1. The molecule has 2 fully saturated rings. The predicted octanol–water partition coefficient (Wildman–Crippen LogP) is 0.678. The number of hydrogen-bond acceptors (Lipinski definition) is 11. The Morgan fingerprint density at radius 2 is 1.66 bits per heavy atom. The van der Waals surface area contributed by atoms with Gasteiger partial charge in [-0.2, -0.15) is 0 Å². The summed E-state index contributed by atoms with van der Waals surface area (Å²) >= 11 is 0. The van der Waals surface area contributed by atoms with Gasteiger partial charge in [0.05, 0.1) is 30.5 Å². The number of aliphatic hydroxyl groups excluding tert-OH is 4. The molecule has 222 valence electrons. The first-order valence-corrected chi connectivity index (χ1v) is 13.3. The molecule has 1 unspecified atom stereocenters. The summed E-state index contributed by atoms with van der Waals surface area (Å²) in [6.07, 6.45) is -5.71. The molecule has 2 rings (SSSR count). The number of hydrogen-bond donors (Lipinski definition) is 5. The monoisotopic (exact) mass is 548 g/mol. The van der Waals surface area contributed by atoms with E-state index in [9.17, 15) is 30.3 Å². The van der Waals surface area contributed by atoms with Crippen molar-refractivity contribution in [1.82, 2.24) is 0 Å². The molecule has 0 amide bonds. The Morgan fingerprint density at radius 3 is 2.18 bits per heavy atom. The number of esters is 1. The lowest BCUT2D eigenvalue weighted by molar-refractivity contribution is -0.379. The van der Waals surface area contributed by atoms with E-state index in [1.165, 1.54) is 21.3 Å². The van der Waals surface area contributed by atoms with Gasteiger partial charge in [-0.05, 0) is 18.9 Å². The summed E-state index contributed by atoms with van der Waals surface area (Å²) in [4.78, 5) is 13.1. The van der Waals surface area contributed by atoms with Gasteiger partial charge in [-0.15, -0.1) is 0 Å². The average Bonchev–Trinajstić information content (AvgIpc) is 2.89. The van der Waals surface area contributed by atoms with Crippen LogP contribution in [0.15, 0.2) is 11.6 Å². The highest BCUT2D eigenvalue weighted by Crippen LogP contribution is 2.46. The van der Waals surface area contributed by atoms with Gasteiger partial charge in [-0.3, -0.25) is 0 Å². The molecule has 2 aliphatic heterocycles. The molecular formula is C27H48O11. The number of ether oxygens (including phenoxy) is 5. The van der Waals surface area contributed by atoms with Crippen molar-refractivity contribution in [1.29, 1.82) is 0 Å². The zero-order valence-corrected chi connectivity index (χ0v) is 23.7. The quantitative estimate of drug-likeness (QED) is 0.224. The molecule has 0 aromatic rings. The van der Waals surface area contributed by atoms with E-state index < -0.39 is 66.0 Å². The van der Waals surface area contributed by atoms with Crippen LogP contribution < -0.4 is 0 Å². The first-order valence-electron chi connectivity index (χ1n) is 13.3. The van der Waals surface area contributed by atoms with Crippen molar-refractivity contribution in [2.24, 2.45) is 11.3 Å². The molecule has 0 radical (unpaired) electrons. The zero-order chi connectivity index (χ0) is 28.8. The first kappa shape index (κ1) is 33.1. The molecule has 2 heterocycles. The molecule has 2 bridgehead atoms. The number of aliphatic hydroxyl groups is 5. The van der Waals surface area contributed by atoms with Crippen molar-refractivity contribution in [3.63, 3.8) is 0 Å². The molecule has 0 saturated carbocycles. The van der Waals surface area contributed by atoms with Crippen molar-refractivity contribution < 1.29 is 54.0 Å². The van der Waals surface area contributed by atoms with Gasteiger partial charge < -0.3 is 49.2 Å². The first-order chi connectivity index (χ1) is 17.8. The van der Waals surface area contributed by atoms with Crippen LogP contribution in [0, 0.1) is 11.3 Å². The standard InChI is InChI=1S/C27H48O11/c1-8-16(14-28)9-15(2)19-10-17(34-5)13-22(29)26(3,4)27(33)24(31)21(36-7)12-18(38-27)11-20(35-6)23(30)25(32)37-19/h9,16-24,28-31,33H,8,10-14H2,1-7H3/b15-9+/t16-,17-,18-,19?,20-,21-,22+,23-,24-,27+/m0/s1. The Morgan fingerprint density at radius 1 is 1.05 bits per heavy atom. The Hall–Kier alpha value is -1.15. The lowest BCUT2D eigenvalue weighted by atomic mass is 9.70. The average molecular weight is 549 g/mol. The Kier molecular flexibility index (Phi) is 12.1. The Balaban J connectivity index is 2.56. The Labute approximate surface area is 225 Å². The highest BCUT2D eigenvalue weighted by molar-refractivity contribution is 5.75. The zero-order valence-electron chi connectivity index (χ0n) is 23.7. The van der Waals surface area contributed by atoms with Crippen LogP contribution in [-0.4, -0.2) is 114 Å². The minimum Gasteiger partial charge on any atom is -0.456 e. The molecule has 0 aromatic carbocycles. The number of methoxy groups -OCH3 is 3. The molecule has 38 heavy (non-hydrogen) atoms. The third-order valence-corrected chi connectivity index (χ3v) is 8.37. The SMILES string of the molecule is CC[C@@H](/C=C(\C)C1C[C@H](OC)C[C@@H](O)C(C)(C)[C@]2(O)O[C@@H](C[C@H](OC)[C@H](O)C(=O)O1)C[C@H](OC)[C@@H]2O)CO. The maximum absolute atomic E-state index is 13.1. The van der Waals surface area contributed by atoms with Gasteiger partial charge in [-0.25, -0.2) is 4.79 Å². The maximum Gasteiger partial charge on any atom is 0.338 e. The van der Waals surface area contributed by atoms with E-state index in [1.807, 2.05) is 13.0 Å². The molecule has 0 aliphatic carbocycles. The molecule has 10 atom stereocenters. The van der Waals surface area contributed by atoms with Crippen molar-refractivity contribution >= 4 is 5.97 Å². The molecular weight excluding hydrogens is 500 g/mol. The van der Waals surface area contributed by atoms with Gasteiger partial charge in [-0.1, -0.05) is 26.8 Å². The highest BCUT2D eigenvalue weighted by atomic mass is 16.7. The van der Waals surface area contributed by atoms with Crippen LogP contribution in [-0.2, 0) is 28.5 Å². The molecule has 5 N–H and O–H groups in total. The van der Waals surface area contributed by atoms with E-state index in [-0.39, 0.29) is 38.2 Å². The molecule has 11 heteroatoms. The fourth-order valence-electron chi connectivity index (χ4n) is 5.30. The van der Waals surface area contributed by atoms with Crippen molar-refractivity contribution in [3.05, 3.63) is 11.6 Å². The number of carbonyl (C=O) groups excluding carboxylic acids is 1. The Bertz CT molecular complexity index is 783. The summed E-state index contributed by atoms with van der Waals surface area (Å²) < 4.78 is 28.3. The van der Waals surface area contributed by atoms with Crippen LogP contribution in [0.25, 0.3) is 0 Å². The molecule has 0 spiro atoms. The van der Waals surface area contributed by atoms with Crippen LogP contribution in [0.5, 0.6) is 0 Å². The molecule has 2 aliphatic rings. The van der Waals surface area contributed by atoms with E-state index in [0.29, 0.717) is 12.0 Å². The minimum atomic E-state index is -2.23. The summed E-state index contributed by atoms with van der Waals surface area (Å²) in [6.45, 7) is 6.81. The fourth-order valence-corrected chi connectivity index (χ4v) is 5.30. The predicted molar refractivity (Wildman–Crippen MR) is 137 cm³/mol. The van der Waals surface area contributed by atoms with Crippen LogP contribution in [0.3, 0.4) is 0 Å². The maximum atomic E-state index is 13.1. The normalized spacial score (nSPS) is 40.2. The lowest BCUT2D eigenvalue weighted by Gasteiger charge is -2.54. The van der Waals surface area contributed by atoms with E-state index in [0.717, 1.165) is 0 Å². The summed E-state index contributed by atoms with van der Waals surface area (Å²) in [6, 6.07) is 0. The van der Waals surface area contributed by atoms with Gasteiger partial charge in [0.15, 0.2) is 6.10 Å². The second-order valence-corrected chi connectivity index (χ2v) is 11.1. The minimum absolute atomic E-state index is 0.0174. The summed E-state index contributed by atoms with van der Waals surface area (Å²) in [5.74, 6) is -3.29. The molecule has 11 nitrogen and oxygen atoms in total. The topological polar surface area (TPSA) is 164 Å². The van der Waals surface area contributed by atoms with E-state index in [4.69, 9.17) is 23.7 Å². The number of fused-ring (bicyclic) bond motifs is 2.